The molecule has 1 amide bonds. The molecule has 1 aromatic carbocycles. The molecule has 57 heavy (non-hydrogen) atoms. The van der Waals surface area contributed by atoms with Crippen molar-refractivity contribution in [3.05, 3.63) is 36.2 Å². The van der Waals surface area contributed by atoms with Crippen molar-refractivity contribution in [1.82, 2.24) is 24.8 Å². The van der Waals surface area contributed by atoms with Gasteiger partial charge in [0.15, 0.2) is 5.82 Å². The van der Waals surface area contributed by atoms with Crippen molar-refractivity contribution in [1.29, 1.82) is 5.26 Å². The zero-order valence-electron chi connectivity index (χ0n) is 31.4. The predicted molar refractivity (Wildman–Crippen MR) is 196 cm³/mol. The Kier molecular flexibility index (Phi) is 11.8. The van der Waals surface area contributed by atoms with E-state index >= 15 is 0 Å². The van der Waals surface area contributed by atoms with Crippen molar-refractivity contribution in [3.63, 3.8) is 0 Å². The molecular formula is C38H44F6N8O5. The largest absolute Gasteiger partial charge is 0.490 e. The van der Waals surface area contributed by atoms with E-state index in [2.05, 4.69) is 68.8 Å². The van der Waals surface area contributed by atoms with Gasteiger partial charge < -0.3 is 34.8 Å². The Balaban J connectivity index is 0.000000338. The van der Waals surface area contributed by atoms with Crippen molar-refractivity contribution in [2.75, 3.05) is 49.1 Å². The Labute approximate surface area is 324 Å². The summed E-state index contributed by atoms with van der Waals surface area (Å²) < 4.78 is 65.7. The van der Waals surface area contributed by atoms with E-state index in [1.807, 2.05) is 6.33 Å². The van der Waals surface area contributed by atoms with Crippen LogP contribution in [0.2, 0.25) is 0 Å². The van der Waals surface area contributed by atoms with Crippen LogP contribution in [-0.2, 0) is 19.8 Å². The Bertz CT molecular complexity index is 2000. The van der Waals surface area contributed by atoms with Crippen LogP contribution in [0.25, 0.3) is 22.3 Å². The van der Waals surface area contributed by atoms with Crippen molar-refractivity contribution in [2.24, 2.45) is 5.92 Å². The maximum absolute atomic E-state index is 14.4. The monoisotopic (exact) mass is 806 g/mol. The van der Waals surface area contributed by atoms with E-state index in [9.17, 15) is 36.4 Å². The lowest BCUT2D eigenvalue weighted by Crippen LogP contribution is -2.58. The minimum atomic E-state index is -5.08. The Morgan fingerprint density at radius 1 is 0.947 bits per heavy atom. The number of hydrogen-bond acceptors (Lipinski definition) is 9. The highest BCUT2D eigenvalue weighted by atomic mass is 19.4. The maximum atomic E-state index is 14.4. The molecule has 8 rings (SSSR count). The first kappa shape index (κ1) is 41.7. The number of nitriles is 1. The van der Waals surface area contributed by atoms with E-state index in [4.69, 9.17) is 29.8 Å². The van der Waals surface area contributed by atoms with Gasteiger partial charge in [0.2, 0.25) is 5.91 Å². The number of hydrogen-bond donors (Lipinski definition) is 3. The SMILES string of the molecule is CC(C)n1cnc2cc(-c3ccc4c(c3)N(C3CC(N5CCCCC5)C3)C(=O)C43CCNCC3)nc(N3CC(C#N)C3)c21.O=C(O)C(F)(F)F.O=C(O)C(F)(F)F. The third-order valence-corrected chi connectivity index (χ3v) is 11.5. The van der Waals surface area contributed by atoms with E-state index in [1.165, 1.54) is 37.9 Å². The summed E-state index contributed by atoms with van der Waals surface area (Å²) in [5.74, 6) is -4.27. The van der Waals surface area contributed by atoms with Gasteiger partial charge in [0, 0.05) is 42.5 Å². The molecule has 3 saturated heterocycles. The molecule has 0 unspecified atom stereocenters. The molecule has 0 atom stereocenters. The number of amides is 1. The van der Waals surface area contributed by atoms with Crippen molar-refractivity contribution in [2.45, 2.75) is 94.7 Å². The van der Waals surface area contributed by atoms with Crippen LogP contribution in [-0.4, -0.2) is 111 Å². The Morgan fingerprint density at radius 3 is 2.09 bits per heavy atom. The number of imidazole rings is 1. The number of likely N-dealkylation sites (tertiary alicyclic amines) is 1. The molecule has 5 aliphatic rings. The fourth-order valence-electron chi connectivity index (χ4n) is 8.33. The minimum absolute atomic E-state index is 0.0351. The van der Waals surface area contributed by atoms with Crippen LogP contribution in [0.15, 0.2) is 30.6 Å². The normalized spacial score (nSPS) is 22.1. The minimum Gasteiger partial charge on any atom is -0.475 e. The summed E-state index contributed by atoms with van der Waals surface area (Å²) in [6.45, 7) is 9.86. The van der Waals surface area contributed by atoms with Gasteiger partial charge in [-0.05, 0) is 96.2 Å². The molecule has 3 N–H and O–H groups in total. The first-order valence-electron chi connectivity index (χ1n) is 18.9. The molecule has 0 bridgehead atoms. The number of fused-ring (bicyclic) bond motifs is 3. The zero-order chi connectivity index (χ0) is 41.4. The molecule has 1 spiro atoms. The van der Waals surface area contributed by atoms with Gasteiger partial charge in [-0.15, -0.1) is 0 Å². The number of rotatable bonds is 5. The third-order valence-electron chi connectivity index (χ3n) is 11.5. The number of nitrogens with one attached hydrogen (secondary N) is 1. The first-order chi connectivity index (χ1) is 26.9. The van der Waals surface area contributed by atoms with Gasteiger partial charge in [0.25, 0.3) is 0 Å². The topological polar surface area (TPSA) is 168 Å². The van der Waals surface area contributed by atoms with Crippen LogP contribution in [0.5, 0.6) is 0 Å². The van der Waals surface area contributed by atoms with Crippen molar-refractivity contribution in [3.8, 4) is 17.3 Å². The zero-order valence-corrected chi connectivity index (χ0v) is 31.4. The summed E-state index contributed by atoms with van der Waals surface area (Å²) in [6.07, 6.45) is -0.463. The summed E-state index contributed by atoms with van der Waals surface area (Å²) in [5.41, 5.74) is 5.72. The summed E-state index contributed by atoms with van der Waals surface area (Å²) in [6, 6.07) is 12.2. The van der Waals surface area contributed by atoms with Crippen LogP contribution in [0, 0.1) is 17.2 Å². The Morgan fingerprint density at radius 2 is 1.54 bits per heavy atom. The smallest absolute Gasteiger partial charge is 0.475 e. The first-order valence-corrected chi connectivity index (χ1v) is 18.9. The average molecular weight is 807 g/mol. The average Bonchev–Trinajstić information content (AvgIpc) is 3.65. The van der Waals surface area contributed by atoms with Gasteiger partial charge in [-0.3, -0.25) is 4.79 Å². The number of aliphatic carboxylic acids is 2. The number of piperidine rings is 2. The van der Waals surface area contributed by atoms with E-state index in [-0.39, 0.29) is 18.0 Å². The quantitative estimate of drug-likeness (QED) is 0.263. The molecule has 4 aliphatic heterocycles. The van der Waals surface area contributed by atoms with E-state index in [0.717, 1.165) is 72.6 Å². The number of carbonyl (C=O) groups is 3. The van der Waals surface area contributed by atoms with Crippen molar-refractivity contribution < 1.29 is 50.9 Å². The molecule has 2 aromatic heterocycles. The Hall–Kier alpha value is -4.96. The summed E-state index contributed by atoms with van der Waals surface area (Å²) in [5, 5.41) is 27.2. The van der Waals surface area contributed by atoms with Gasteiger partial charge in [-0.25, -0.2) is 19.6 Å². The molecule has 4 fully saturated rings. The van der Waals surface area contributed by atoms with Crippen LogP contribution in [0.3, 0.4) is 0 Å². The summed E-state index contributed by atoms with van der Waals surface area (Å²) in [7, 11) is 0. The fraction of sp³-hybridized carbons (Fsp3) is 0.579. The van der Waals surface area contributed by atoms with E-state index < -0.39 is 29.7 Å². The fourth-order valence-corrected chi connectivity index (χ4v) is 8.33. The molecule has 3 aromatic rings. The molecular weight excluding hydrogens is 762 g/mol. The van der Waals surface area contributed by atoms with Crippen LogP contribution >= 0.6 is 0 Å². The number of pyridine rings is 1. The number of carbonyl (C=O) groups excluding carboxylic acids is 1. The van der Waals surface area contributed by atoms with Gasteiger partial charge in [0.1, 0.15) is 5.52 Å². The standard InChI is InChI=1S/C34H42N8O.2C2HF3O2/c1-22(2)41-21-37-29-17-28(38-32(31(29)41)40-19-23(18-35)20-40)24-6-7-27-30(14-24)42(33(43)34(27)8-10-36-11-9-34)26-15-25(16-26)39-12-4-3-5-13-39;2*3-2(4,5)1(6)7/h6-7,14,17,21-23,25-26,36H,3-5,8-13,15-16,19-20H2,1-2H3;2*(H,6,7). The second-order valence-electron chi connectivity index (χ2n) is 15.4. The molecule has 6 heterocycles. The number of carboxylic acid groups (broad SMARTS) is 2. The summed E-state index contributed by atoms with van der Waals surface area (Å²) >= 11 is 0. The molecule has 308 valence electrons. The van der Waals surface area contributed by atoms with Crippen LogP contribution in [0.1, 0.15) is 70.4 Å². The second kappa shape index (κ2) is 16.1. The number of halogens is 6. The number of aromatic nitrogens is 3. The van der Waals surface area contributed by atoms with Crippen molar-refractivity contribution >= 4 is 40.4 Å². The molecule has 13 nitrogen and oxygen atoms in total. The highest BCUT2D eigenvalue weighted by molar-refractivity contribution is 6.09. The third kappa shape index (κ3) is 8.38. The summed E-state index contributed by atoms with van der Waals surface area (Å²) in [4.78, 5) is 49.3. The van der Waals surface area contributed by atoms with Crippen LogP contribution in [0.4, 0.5) is 37.8 Å². The molecule has 1 saturated carbocycles. The number of alkyl halides is 6. The molecule has 0 radical (unpaired) electrons. The van der Waals surface area contributed by atoms with Crippen LogP contribution < -0.4 is 15.1 Å². The number of anilines is 2. The lowest BCUT2D eigenvalue weighted by molar-refractivity contribution is -0.193. The van der Waals surface area contributed by atoms with Gasteiger partial charge in [0.05, 0.1) is 34.9 Å². The predicted octanol–water partition coefficient (Wildman–Crippen LogP) is 5.89. The maximum Gasteiger partial charge on any atom is 0.490 e. The highest BCUT2D eigenvalue weighted by Gasteiger charge is 2.55. The number of benzene rings is 1. The highest BCUT2D eigenvalue weighted by Crippen LogP contribution is 2.51. The second-order valence-corrected chi connectivity index (χ2v) is 15.4. The van der Waals surface area contributed by atoms with Gasteiger partial charge in [-0.2, -0.15) is 31.6 Å². The molecule has 1 aliphatic carbocycles. The molecule has 19 heteroatoms. The number of nitrogens with zero attached hydrogens (tertiary/aromatic N) is 7. The lowest BCUT2D eigenvalue weighted by atomic mass is 9.74. The van der Waals surface area contributed by atoms with E-state index in [0.29, 0.717) is 25.0 Å². The van der Waals surface area contributed by atoms with Gasteiger partial charge >= 0.3 is 24.3 Å². The number of carboxylic acids is 2. The van der Waals surface area contributed by atoms with E-state index in [1.54, 1.807) is 0 Å². The van der Waals surface area contributed by atoms with Gasteiger partial charge in [-0.1, -0.05) is 18.6 Å². The lowest BCUT2D eigenvalue weighted by Gasteiger charge is -2.48.